The maximum Gasteiger partial charge on any atom is 0.573 e. The van der Waals surface area contributed by atoms with Crippen molar-refractivity contribution in [2.75, 3.05) is 36.1 Å². The minimum absolute atomic E-state index is 0.0152. The number of hydrogen-bond acceptors (Lipinski definition) is 6. The Morgan fingerprint density at radius 1 is 1.17 bits per heavy atom. The average Bonchev–Trinajstić information content (AvgIpc) is 2.61. The maximum atomic E-state index is 12.2. The first kappa shape index (κ1) is 22.5. The third-order valence-electron chi connectivity index (χ3n) is 3.51. The molecule has 0 bridgehead atoms. The molecular formula is C17H19F3N6O4. The number of ether oxygens (including phenoxy) is 1. The maximum absolute atomic E-state index is 12.2. The Labute approximate surface area is 169 Å². The molecule has 1 heterocycles. The van der Waals surface area contributed by atoms with E-state index in [0.717, 1.165) is 17.0 Å². The van der Waals surface area contributed by atoms with Crippen molar-refractivity contribution < 1.29 is 32.6 Å². The molecule has 4 N–H and O–H groups in total. The van der Waals surface area contributed by atoms with Crippen molar-refractivity contribution in [1.29, 1.82) is 0 Å². The van der Waals surface area contributed by atoms with Crippen LogP contribution in [0.3, 0.4) is 0 Å². The smallest absolute Gasteiger partial charge is 0.465 e. The number of aryl methyl sites for hydroxylation is 1. The van der Waals surface area contributed by atoms with Crippen LogP contribution in [0.4, 0.5) is 40.2 Å². The Bertz CT molecular complexity index is 892. The van der Waals surface area contributed by atoms with Crippen LogP contribution in [0.2, 0.25) is 0 Å². The summed E-state index contributed by atoms with van der Waals surface area (Å²) in [7, 11) is 1.42. The van der Waals surface area contributed by atoms with E-state index in [1.165, 1.54) is 19.2 Å². The zero-order chi connectivity index (χ0) is 22.3. The van der Waals surface area contributed by atoms with E-state index in [-0.39, 0.29) is 24.7 Å². The number of alkyl halides is 3. The van der Waals surface area contributed by atoms with Crippen LogP contribution in [0.25, 0.3) is 0 Å². The molecule has 1 aromatic carbocycles. The van der Waals surface area contributed by atoms with Gasteiger partial charge >= 0.3 is 18.5 Å². The molecule has 13 heteroatoms. The lowest BCUT2D eigenvalue weighted by Crippen LogP contribution is -2.30. The molecule has 3 amide bonds. The average molecular weight is 428 g/mol. The monoisotopic (exact) mass is 428 g/mol. The number of hydrogen-bond donors (Lipinski definition) is 4. The van der Waals surface area contributed by atoms with Gasteiger partial charge in [-0.15, -0.1) is 13.2 Å². The highest BCUT2D eigenvalue weighted by molar-refractivity contribution is 5.98. The zero-order valence-corrected chi connectivity index (χ0v) is 15.9. The number of carboxylic acid groups (broad SMARTS) is 1. The third kappa shape index (κ3) is 7.69. The number of rotatable bonds is 7. The molecule has 0 saturated heterocycles. The summed E-state index contributed by atoms with van der Waals surface area (Å²) < 4.78 is 40.2. The molecule has 1 aromatic heterocycles. The minimum atomic E-state index is -4.80. The van der Waals surface area contributed by atoms with Gasteiger partial charge in [0.25, 0.3) is 0 Å². The predicted molar refractivity (Wildman–Crippen MR) is 102 cm³/mol. The number of carbonyl (C=O) groups excluding carboxylic acids is 1. The second kappa shape index (κ2) is 9.62. The topological polar surface area (TPSA) is 129 Å². The number of halogens is 3. The molecule has 0 aliphatic rings. The van der Waals surface area contributed by atoms with E-state index >= 15 is 0 Å². The van der Waals surface area contributed by atoms with Crippen LogP contribution in [0.5, 0.6) is 5.75 Å². The largest absolute Gasteiger partial charge is 0.573 e. The highest BCUT2D eigenvalue weighted by Crippen LogP contribution is 2.24. The molecule has 2 aromatic rings. The summed E-state index contributed by atoms with van der Waals surface area (Å²) in [5.74, 6) is -0.0522. The van der Waals surface area contributed by atoms with E-state index < -0.39 is 24.2 Å². The van der Waals surface area contributed by atoms with E-state index in [9.17, 15) is 22.8 Å². The molecule has 2 rings (SSSR count). The van der Waals surface area contributed by atoms with Crippen LogP contribution < -0.4 is 20.7 Å². The SMILES string of the molecule is Cc1cc(NCCN(C)C(=O)O)nc(NC(=O)Nc2ccc(OC(F)(F)F)cc2)n1. The minimum Gasteiger partial charge on any atom is -0.465 e. The number of urea groups is 1. The number of nitrogens with one attached hydrogen (secondary N) is 3. The van der Waals surface area contributed by atoms with Gasteiger partial charge in [-0.1, -0.05) is 0 Å². The van der Waals surface area contributed by atoms with Crippen LogP contribution in [0, 0.1) is 6.92 Å². The van der Waals surface area contributed by atoms with Crippen molar-refractivity contribution in [2.24, 2.45) is 0 Å². The van der Waals surface area contributed by atoms with Crippen molar-refractivity contribution in [3.63, 3.8) is 0 Å². The second-order valence-electron chi connectivity index (χ2n) is 6.00. The number of aromatic nitrogens is 2. The Morgan fingerprint density at radius 3 is 2.43 bits per heavy atom. The molecule has 162 valence electrons. The highest BCUT2D eigenvalue weighted by Gasteiger charge is 2.30. The van der Waals surface area contributed by atoms with Gasteiger partial charge in [-0.2, -0.15) is 4.98 Å². The van der Waals surface area contributed by atoms with E-state index in [2.05, 4.69) is 30.7 Å². The van der Waals surface area contributed by atoms with Gasteiger partial charge in [-0.05, 0) is 31.2 Å². The van der Waals surface area contributed by atoms with Gasteiger partial charge in [0.05, 0.1) is 0 Å². The predicted octanol–water partition coefficient (Wildman–Crippen LogP) is 3.35. The van der Waals surface area contributed by atoms with E-state index in [1.54, 1.807) is 13.0 Å². The lowest BCUT2D eigenvalue weighted by Gasteiger charge is -2.14. The van der Waals surface area contributed by atoms with Gasteiger partial charge in [0.1, 0.15) is 11.6 Å². The van der Waals surface area contributed by atoms with Crippen LogP contribution in [-0.4, -0.2) is 58.6 Å². The Morgan fingerprint density at radius 2 is 1.83 bits per heavy atom. The fraction of sp³-hybridized carbons (Fsp3) is 0.294. The molecule has 0 spiro atoms. The number of benzene rings is 1. The summed E-state index contributed by atoms with van der Waals surface area (Å²) in [4.78, 5) is 32.1. The molecule has 30 heavy (non-hydrogen) atoms. The van der Waals surface area contributed by atoms with Crippen molar-refractivity contribution in [2.45, 2.75) is 13.3 Å². The summed E-state index contributed by atoms with van der Waals surface area (Å²) in [6, 6.07) is 5.50. The van der Waals surface area contributed by atoms with Crippen LogP contribution in [-0.2, 0) is 0 Å². The summed E-state index contributed by atoms with van der Waals surface area (Å²) in [5.41, 5.74) is 0.771. The first-order valence-electron chi connectivity index (χ1n) is 8.49. The van der Waals surface area contributed by atoms with Crippen molar-refractivity contribution >= 4 is 29.6 Å². The first-order valence-corrected chi connectivity index (χ1v) is 8.49. The van der Waals surface area contributed by atoms with Gasteiger partial charge in [-0.25, -0.2) is 14.6 Å². The molecule has 0 unspecified atom stereocenters. The summed E-state index contributed by atoms with van der Waals surface area (Å²) in [6.45, 7) is 2.19. The van der Waals surface area contributed by atoms with E-state index in [4.69, 9.17) is 5.11 Å². The highest BCUT2D eigenvalue weighted by atomic mass is 19.4. The van der Waals surface area contributed by atoms with Crippen LogP contribution >= 0.6 is 0 Å². The standard InChI is InChI=1S/C17H19F3N6O4/c1-10-9-13(21-7-8-26(2)16(28)29)24-14(22-10)25-15(27)23-11-3-5-12(6-4-11)30-17(18,19)20/h3-6,9H,7-8H2,1-2H3,(H,28,29)(H3,21,22,23,24,25,27). The van der Waals surface area contributed by atoms with Crippen molar-refractivity contribution in [3.05, 3.63) is 36.0 Å². The zero-order valence-electron chi connectivity index (χ0n) is 15.9. The molecular weight excluding hydrogens is 409 g/mol. The summed E-state index contributed by atoms with van der Waals surface area (Å²) in [5, 5.41) is 16.6. The van der Waals surface area contributed by atoms with Gasteiger partial charge in [0.2, 0.25) is 5.95 Å². The number of carbonyl (C=O) groups is 2. The van der Waals surface area contributed by atoms with Gasteiger partial charge < -0.3 is 25.4 Å². The molecule has 0 radical (unpaired) electrons. The fourth-order valence-corrected chi connectivity index (χ4v) is 2.17. The van der Waals surface area contributed by atoms with Crippen LogP contribution in [0.15, 0.2) is 30.3 Å². The Kier molecular flexibility index (Phi) is 7.22. The van der Waals surface area contributed by atoms with Crippen molar-refractivity contribution in [1.82, 2.24) is 14.9 Å². The van der Waals surface area contributed by atoms with Gasteiger partial charge in [-0.3, -0.25) is 5.32 Å². The number of amides is 3. The van der Waals surface area contributed by atoms with Gasteiger partial charge in [0, 0.05) is 37.6 Å². The van der Waals surface area contributed by atoms with Crippen LogP contribution in [0.1, 0.15) is 5.69 Å². The quantitative estimate of drug-likeness (QED) is 0.532. The molecule has 0 atom stereocenters. The lowest BCUT2D eigenvalue weighted by atomic mass is 10.3. The molecule has 0 saturated carbocycles. The molecule has 0 aliphatic carbocycles. The van der Waals surface area contributed by atoms with E-state index in [0.29, 0.717) is 11.5 Å². The normalized spacial score (nSPS) is 10.8. The van der Waals surface area contributed by atoms with Gasteiger partial charge in [0.15, 0.2) is 0 Å². The number of anilines is 3. The lowest BCUT2D eigenvalue weighted by molar-refractivity contribution is -0.274. The van der Waals surface area contributed by atoms with Crippen molar-refractivity contribution in [3.8, 4) is 5.75 Å². The molecule has 10 nitrogen and oxygen atoms in total. The Hall–Kier alpha value is -3.77. The molecule has 0 fully saturated rings. The Balaban J connectivity index is 1.93. The summed E-state index contributed by atoms with van der Waals surface area (Å²) >= 11 is 0. The fourth-order valence-electron chi connectivity index (χ4n) is 2.17. The first-order chi connectivity index (χ1) is 14.0. The third-order valence-corrected chi connectivity index (χ3v) is 3.51. The second-order valence-corrected chi connectivity index (χ2v) is 6.00. The summed E-state index contributed by atoms with van der Waals surface area (Å²) in [6.07, 6.45) is -5.86. The molecule has 0 aliphatic heterocycles. The number of nitrogens with zero attached hydrogens (tertiary/aromatic N) is 3. The van der Waals surface area contributed by atoms with E-state index in [1.807, 2.05) is 0 Å². The number of likely N-dealkylation sites (N-methyl/N-ethyl adjacent to an activating group) is 1.